The minimum atomic E-state index is -0.317. The Bertz CT molecular complexity index is 358. The molecule has 15 heavy (non-hydrogen) atoms. The van der Waals surface area contributed by atoms with Crippen molar-refractivity contribution in [3.63, 3.8) is 0 Å². The lowest BCUT2D eigenvalue weighted by molar-refractivity contribution is 0.0600. The molecule has 1 aromatic rings. The number of ether oxygens (including phenoxy) is 1. The molecule has 0 unspecified atom stereocenters. The quantitative estimate of drug-likeness (QED) is 0.763. The van der Waals surface area contributed by atoms with Crippen molar-refractivity contribution < 1.29 is 9.53 Å². The van der Waals surface area contributed by atoms with Gasteiger partial charge in [-0.05, 0) is 24.6 Å². The zero-order chi connectivity index (χ0) is 11.1. The molecule has 0 amide bonds. The minimum absolute atomic E-state index is 0.317. The van der Waals surface area contributed by atoms with E-state index in [0.717, 1.165) is 12.0 Å². The van der Waals surface area contributed by atoms with E-state index in [1.165, 1.54) is 7.11 Å². The number of benzene rings is 1. The second kappa shape index (κ2) is 5.98. The Hall–Kier alpha value is -1.61. The molecule has 3 heteroatoms. The van der Waals surface area contributed by atoms with Crippen LogP contribution in [0.2, 0.25) is 0 Å². The number of esters is 1. The van der Waals surface area contributed by atoms with E-state index in [2.05, 4.69) is 4.74 Å². The molecule has 0 heterocycles. The van der Waals surface area contributed by atoms with E-state index in [4.69, 9.17) is 5.73 Å². The lowest BCUT2D eigenvalue weighted by Gasteiger charge is -2.02. The predicted octanol–water partition coefficient (Wildman–Crippen LogP) is 1.84. The van der Waals surface area contributed by atoms with Crippen LogP contribution in [0, 0.1) is 0 Å². The monoisotopic (exact) mass is 205 g/mol. The fourth-order valence-corrected chi connectivity index (χ4v) is 1.24. The molecule has 0 atom stereocenters. The first-order valence-corrected chi connectivity index (χ1v) is 4.83. The number of methoxy groups -OCH3 is 1. The van der Waals surface area contributed by atoms with Crippen molar-refractivity contribution in [1.82, 2.24) is 0 Å². The summed E-state index contributed by atoms with van der Waals surface area (Å²) in [5.74, 6) is -0.317. The van der Waals surface area contributed by atoms with Gasteiger partial charge in [-0.25, -0.2) is 4.79 Å². The molecule has 1 rings (SSSR count). The Balaban J connectivity index is 2.91. The summed E-state index contributed by atoms with van der Waals surface area (Å²) in [4.78, 5) is 11.4. The van der Waals surface area contributed by atoms with E-state index in [0.29, 0.717) is 12.1 Å². The van der Waals surface area contributed by atoms with Gasteiger partial charge in [0.25, 0.3) is 0 Å². The van der Waals surface area contributed by atoms with E-state index in [9.17, 15) is 4.79 Å². The highest BCUT2D eigenvalue weighted by Gasteiger charge is 2.07. The van der Waals surface area contributed by atoms with Crippen LogP contribution < -0.4 is 5.73 Å². The van der Waals surface area contributed by atoms with Crippen LogP contribution in [-0.2, 0) is 4.74 Å². The van der Waals surface area contributed by atoms with Gasteiger partial charge in [0.15, 0.2) is 0 Å². The summed E-state index contributed by atoms with van der Waals surface area (Å²) >= 11 is 0. The first-order valence-electron chi connectivity index (χ1n) is 4.83. The van der Waals surface area contributed by atoms with Crippen LogP contribution in [0.15, 0.2) is 30.3 Å². The molecule has 0 fully saturated rings. The summed E-state index contributed by atoms with van der Waals surface area (Å²) in [6.07, 6.45) is 4.64. The highest BCUT2D eigenvalue weighted by Crippen LogP contribution is 2.12. The van der Waals surface area contributed by atoms with E-state index in [1.807, 2.05) is 30.4 Å². The Morgan fingerprint density at radius 2 is 2.20 bits per heavy atom. The fourth-order valence-electron chi connectivity index (χ4n) is 1.24. The highest BCUT2D eigenvalue weighted by atomic mass is 16.5. The highest BCUT2D eigenvalue weighted by molar-refractivity contribution is 5.93. The van der Waals surface area contributed by atoms with Crippen LogP contribution in [-0.4, -0.2) is 19.6 Å². The molecule has 1 aromatic carbocycles. The molecule has 0 bridgehead atoms. The van der Waals surface area contributed by atoms with Gasteiger partial charge in [-0.1, -0.05) is 30.4 Å². The molecule has 0 saturated carbocycles. The Morgan fingerprint density at radius 3 is 2.87 bits per heavy atom. The van der Waals surface area contributed by atoms with Gasteiger partial charge < -0.3 is 10.5 Å². The molecular formula is C12H15NO2. The summed E-state index contributed by atoms with van der Waals surface area (Å²) in [7, 11) is 1.38. The number of carbonyl (C=O) groups excluding carboxylic acids is 1. The van der Waals surface area contributed by atoms with Crippen molar-refractivity contribution in [2.24, 2.45) is 5.73 Å². The summed E-state index contributed by atoms with van der Waals surface area (Å²) < 4.78 is 4.69. The van der Waals surface area contributed by atoms with E-state index in [-0.39, 0.29) is 5.97 Å². The van der Waals surface area contributed by atoms with Crippen molar-refractivity contribution in [2.45, 2.75) is 6.42 Å². The van der Waals surface area contributed by atoms with Crippen molar-refractivity contribution in [3.05, 3.63) is 41.5 Å². The van der Waals surface area contributed by atoms with Gasteiger partial charge in [-0.15, -0.1) is 0 Å². The van der Waals surface area contributed by atoms with Gasteiger partial charge in [0.05, 0.1) is 12.7 Å². The molecule has 0 saturated heterocycles. The van der Waals surface area contributed by atoms with Gasteiger partial charge in [0.2, 0.25) is 0 Å². The Kier molecular flexibility index (Phi) is 4.57. The second-order valence-electron chi connectivity index (χ2n) is 3.06. The van der Waals surface area contributed by atoms with Gasteiger partial charge in [0.1, 0.15) is 0 Å². The molecular weight excluding hydrogens is 190 g/mol. The first kappa shape index (κ1) is 11.5. The molecule has 0 aliphatic carbocycles. The topological polar surface area (TPSA) is 52.3 Å². The number of carbonyl (C=O) groups is 1. The van der Waals surface area contributed by atoms with Gasteiger partial charge >= 0.3 is 5.97 Å². The maximum atomic E-state index is 11.4. The summed E-state index contributed by atoms with van der Waals surface area (Å²) in [5.41, 5.74) is 6.81. The molecule has 0 spiro atoms. The maximum Gasteiger partial charge on any atom is 0.338 e. The minimum Gasteiger partial charge on any atom is -0.465 e. The normalized spacial score (nSPS) is 10.5. The van der Waals surface area contributed by atoms with Crippen LogP contribution >= 0.6 is 0 Å². The lowest BCUT2D eigenvalue weighted by atomic mass is 10.1. The zero-order valence-corrected chi connectivity index (χ0v) is 8.77. The van der Waals surface area contributed by atoms with Crippen LogP contribution in [0.3, 0.4) is 0 Å². The number of nitrogens with two attached hydrogens (primary N) is 1. The van der Waals surface area contributed by atoms with Crippen LogP contribution in [0.25, 0.3) is 6.08 Å². The summed E-state index contributed by atoms with van der Waals surface area (Å²) in [6, 6.07) is 7.31. The SMILES string of the molecule is COC(=O)c1ccccc1C=CCCN. The van der Waals surface area contributed by atoms with Crippen LogP contribution in [0.5, 0.6) is 0 Å². The van der Waals surface area contributed by atoms with Gasteiger partial charge in [-0.3, -0.25) is 0 Å². The molecule has 0 aliphatic heterocycles. The Labute approximate surface area is 89.5 Å². The first-order chi connectivity index (χ1) is 7.29. The molecule has 0 aliphatic rings. The predicted molar refractivity (Wildman–Crippen MR) is 60.5 cm³/mol. The fraction of sp³-hybridized carbons (Fsp3) is 0.250. The van der Waals surface area contributed by atoms with E-state index >= 15 is 0 Å². The zero-order valence-electron chi connectivity index (χ0n) is 8.77. The standard InChI is InChI=1S/C12H15NO2/c1-15-12(14)11-8-3-2-6-10(11)7-4-5-9-13/h2-4,6-8H,5,9,13H2,1H3. The molecule has 2 N–H and O–H groups in total. The third-order valence-corrected chi connectivity index (χ3v) is 2.00. The number of rotatable bonds is 4. The summed E-state index contributed by atoms with van der Waals surface area (Å²) in [6.45, 7) is 0.608. The van der Waals surface area contributed by atoms with Gasteiger partial charge in [-0.2, -0.15) is 0 Å². The van der Waals surface area contributed by atoms with Crippen LogP contribution in [0.4, 0.5) is 0 Å². The van der Waals surface area contributed by atoms with Crippen molar-refractivity contribution in [1.29, 1.82) is 0 Å². The smallest absolute Gasteiger partial charge is 0.338 e. The maximum absolute atomic E-state index is 11.4. The third kappa shape index (κ3) is 3.22. The van der Waals surface area contributed by atoms with E-state index < -0.39 is 0 Å². The number of hydrogen-bond donors (Lipinski definition) is 1. The van der Waals surface area contributed by atoms with Crippen LogP contribution in [0.1, 0.15) is 22.3 Å². The van der Waals surface area contributed by atoms with Gasteiger partial charge in [0, 0.05) is 0 Å². The second-order valence-corrected chi connectivity index (χ2v) is 3.06. The van der Waals surface area contributed by atoms with Crippen molar-refractivity contribution in [2.75, 3.05) is 13.7 Å². The summed E-state index contributed by atoms with van der Waals surface area (Å²) in [5, 5.41) is 0. The largest absolute Gasteiger partial charge is 0.465 e. The Morgan fingerprint density at radius 1 is 1.47 bits per heavy atom. The molecule has 3 nitrogen and oxygen atoms in total. The van der Waals surface area contributed by atoms with E-state index in [1.54, 1.807) is 6.07 Å². The molecule has 80 valence electrons. The van der Waals surface area contributed by atoms with Crippen molar-refractivity contribution >= 4 is 12.0 Å². The molecule has 0 aromatic heterocycles. The average Bonchev–Trinajstić information content (AvgIpc) is 2.29. The lowest BCUT2D eigenvalue weighted by Crippen LogP contribution is -2.03. The van der Waals surface area contributed by atoms with Crippen molar-refractivity contribution in [3.8, 4) is 0 Å². The number of hydrogen-bond acceptors (Lipinski definition) is 3. The average molecular weight is 205 g/mol. The molecule has 0 radical (unpaired) electrons. The third-order valence-electron chi connectivity index (χ3n) is 2.00.